The van der Waals surface area contributed by atoms with E-state index in [1.807, 2.05) is 12.1 Å². The van der Waals surface area contributed by atoms with Crippen molar-refractivity contribution in [3.8, 4) is 0 Å². The molecule has 0 aliphatic rings. The monoisotopic (exact) mass is 329 g/mol. The van der Waals surface area contributed by atoms with Crippen LogP contribution in [0.25, 0.3) is 0 Å². The second-order valence-corrected chi connectivity index (χ2v) is 5.69. The van der Waals surface area contributed by atoms with Crippen molar-refractivity contribution in [1.29, 1.82) is 0 Å². The number of benzene rings is 2. The van der Waals surface area contributed by atoms with E-state index in [4.69, 9.17) is 5.73 Å². The molecule has 0 aromatic heterocycles. The molecule has 1 nitrogen and oxygen atoms in total. The third-order valence-electron chi connectivity index (χ3n) is 2.27. The highest BCUT2D eigenvalue weighted by molar-refractivity contribution is 9.10. The molecule has 18 heavy (non-hydrogen) atoms. The van der Waals surface area contributed by atoms with E-state index in [9.17, 15) is 8.78 Å². The molecule has 0 amide bonds. The second-order valence-electron chi connectivity index (χ2n) is 3.76. The van der Waals surface area contributed by atoms with E-state index in [0.29, 0.717) is 16.3 Å². The van der Waals surface area contributed by atoms with Crippen LogP contribution in [0.1, 0.15) is 5.56 Å². The largest absolute Gasteiger partial charge is 0.399 e. The van der Waals surface area contributed by atoms with Crippen LogP contribution in [0.3, 0.4) is 0 Å². The maximum absolute atomic E-state index is 13.4. The van der Waals surface area contributed by atoms with E-state index in [1.165, 1.54) is 23.9 Å². The Balaban J connectivity index is 2.11. The number of nitrogens with two attached hydrogens (primary N) is 1. The normalized spacial score (nSPS) is 10.6. The number of hydrogen-bond acceptors (Lipinski definition) is 2. The summed E-state index contributed by atoms with van der Waals surface area (Å²) in [5.74, 6) is -0.529. The fourth-order valence-electron chi connectivity index (χ4n) is 1.51. The van der Waals surface area contributed by atoms with Crippen molar-refractivity contribution < 1.29 is 8.78 Å². The van der Waals surface area contributed by atoms with Crippen molar-refractivity contribution in [2.45, 2.75) is 10.6 Å². The van der Waals surface area contributed by atoms with Crippen LogP contribution in [0.4, 0.5) is 14.5 Å². The van der Waals surface area contributed by atoms with Gasteiger partial charge in [-0.3, -0.25) is 0 Å². The van der Waals surface area contributed by atoms with Crippen LogP contribution in [-0.2, 0) is 5.75 Å². The Kier molecular flexibility index (Phi) is 4.24. The van der Waals surface area contributed by atoms with Gasteiger partial charge < -0.3 is 5.73 Å². The lowest BCUT2D eigenvalue weighted by Gasteiger charge is -2.05. The van der Waals surface area contributed by atoms with Crippen LogP contribution >= 0.6 is 27.7 Å². The summed E-state index contributed by atoms with van der Waals surface area (Å²) in [6.45, 7) is 0. The molecule has 0 aliphatic heterocycles. The van der Waals surface area contributed by atoms with Crippen LogP contribution in [0.15, 0.2) is 45.8 Å². The zero-order chi connectivity index (χ0) is 13.1. The summed E-state index contributed by atoms with van der Waals surface area (Å²) < 4.78 is 27.0. The SMILES string of the molecule is Nc1cc(Br)cc(CSc2ccc(F)cc2F)c1. The van der Waals surface area contributed by atoms with E-state index >= 15 is 0 Å². The van der Waals surface area contributed by atoms with Gasteiger partial charge in [0, 0.05) is 26.9 Å². The minimum absolute atomic E-state index is 0.426. The molecule has 2 N–H and O–H groups in total. The Morgan fingerprint density at radius 2 is 1.89 bits per heavy atom. The molecule has 2 aromatic carbocycles. The molecule has 0 spiro atoms. The maximum Gasteiger partial charge on any atom is 0.139 e. The predicted molar refractivity (Wildman–Crippen MR) is 74.5 cm³/mol. The van der Waals surface area contributed by atoms with Gasteiger partial charge in [-0.15, -0.1) is 11.8 Å². The van der Waals surface area contributed by atoms with Gasteiger partial charge in [-0.25, -0.2) is 8.78 Å². The molecule has 0 bridgehead atoms. The minimum Gasteiger partial charge on any atom is -0.399 e. The van der Waals surface area contributed by atoms with Crippen molar-refractivity contribution in [3.05, 3.63) is 58.1 Å². The Morgan fingerprint density at radius 1 is 1.11 bits per heavy atom. The van der Waals surface area contributed by atoms with Crippen molar-refractivity contribution >= 4 is 33.4 Å². The summed E-state index contributed by atoms with van der Waals surface area (Å²) in [5.41, 5.74) is 7.35. The summed E-state index contributed by atoms with van der Waals surface area (Å²) in [7, 11) is 0. The molecule has 0 atom stereocenters. The topological polar surface area (TPSA) is 26.0 Å². The zero-order valence-electron chi connectivity index (χ0n) is 9.29. The second kappa shape index (κ2) is 5.71. The van der Waals surface area contributed by atoms with Gasteiger partial charge in [0.05, 0.1) is 0 Å². The minimum atomic E-state index is -0.566. The number of hydrogen-bond donors (Lipinski definition) is 1. The Morgan fingerprint density at radius 3 is 2.56 bits per heavy atom. The lowest BCUT2D eigenvalue weighted by Crippen LogP contribution is -1.89. The molecule has 2 rings (SSSR count). The number of anilines is 1. The Hall–Kier alpha value is -1.07. The summed E-state index contributed by atoms with van der Waals surface area (Å²) in [5, 5.41) is 0. The average Bonchev–Trinajstić information content (AvgIpc) is 2.26. The lowest BCUT2D eigenvalue weighted by molar-refractivity contribution is 0.565. The van der Waals surface area contributed by atoms with E-state index in [0.717, 1.165) is 16.1 Å². The quantitative estimate of drug-likeness (QED) is 0.657. The predicted octanol–water partition coefficient (Wildman–Crippen LogP) is 4.60. The van der Waals surface area contributed by atoms with Crippen molar-refractivity contribution in [3.63, 3.8) is 0 Å². The van der Waals surface area contributed by atoms with Gasteiger partial charge in [-0.2, -0.15) is 0 Å². The smallest absolute Gasteiger partial charge is 0.139 e. The standard InChI is InChI=1S/C13H10BrF2NS/c14-9-3-8(4-11(17)5-9)7-18-13-2-1-10(15)6-12(13)16/h1-6H,7,17H2. The number of halogens is 3. The zero-order valence-corrected chi connectivity index (χ0v) is 11.7. The molecule has 0 radical (unpaired) electrons. The summed E-state index contributed by atoms with van der Waals surface area (Å²) in [4.78, 5) is 0.426. The molecule has 0 heterocycles. The fraction of sp³-hybridized carbons (Fsp3) is 0.0769. The molecule has 0 saturated carbocycles. The van der Waals surface area contributed by atoms with Crippen LogP contribution in [0.5, 0.6) is 0 Å². The fourth-order valence-corrected chi connectivity index (χ4v) is 2.92. The maximum atomic E-state index is 13.4. The molecule has 0 saturated heterocycles. The van der Waals surface area contributed by atoms with Gasteiger partial charge in [0.25, 0.3) is 0 Å². The highest BCUT2D eigenvalue weighted by atomic mass is 79.9. The Labute approximate surface area is 117 Å². The third kappa shape index (κ3) is 3.46. The first kappa shape index (κ1) is 13.4. The van der Waals surface area contributed by atoms with E-state index in [-0.39, 0.29) is 0 Å². The van der Waals surface area contributed by atoms with Crippen LogP contribution in [-0.4, -0.2) is 0 Å². The van der Waals surface area contributed by atoms with E-state index < -0.39 is 11.6 Å². The first-order valence-corrected chi connectivity index (χ1v) is 6.95. The summed E-state index contributed by atoms with van der Waals surface area (Å²) >= 11 is 4.66. The number of rotatable bonds is 3. The molecule has 0 fully saturated rings. The molecule has 0 unspecified atom stereocenters. The van der Waals surface area contributed by atoms with Gasteiger partial charge in [0.1, 0.15) is 11.6 Å². The van der Waals surface area contributed by atoms with Crippen molar-refractivity contribution in [1.82, 2.24) is 0 Å². The van der Waals surface area contributed by atoms with Gasteiger partial charge in [-0.1, -0.05) is 15.9 Å². The molecular formula is C13H10BrF2NS. The Bertz CT molecular complexity index is 555. The van der Waals surface area contributed by atoms with Gasteiger partial charge in [0.2, 0.25) is 0 Å². The van der Waals surface area contributed by atoms with Gasteiger partial charge in [0.15, 0.2) is 0 Å². The highest BCUT2D eigenvalue weighted by Crippen LogP contribution is 2.28. The van der Waals surface area contributed by atoms with Crippen LogP contribution < -0.4 is 5.73 Å². The first-order chi connectivity index (χ1) is 8.54. The van der Waals surface area contributed by atoms with Gasteiger partial charge >= 0.3 is 0 Å². The van der Waals surface area contributed by atoms with Crippen molar-refractivity contribution in [2.24, 2.45) is 0 Å². The average molecular weight is 330 g/mol. The van der Waals surface area contributed by atoms with E-state index in [2.05, 4.69) is 15.9 Å². The molecule has 5 heteroatoms. The molecule has 2 aromatic rings. The molecule has 0 aliphatic carbocycles. The third-order valence-corrected chi connectivity index (χ3v) is 3.85. The highest BCUT2D eigenvalue weighted by Gasteiger charge is 2.05. The number of thioether (sulfide) groups is 1. The summed E-state index contributed by atoms with van der Waals surface area (Å²) in [6, 6.07) is 9.13. The van der Waals surface area contributed by atoms with Crippen LogP contribution in [0, 0.1) is 11.6 Å². The summed E-state index contributed by atoms with van der Waals surface area (Å²) in [6.07, 6.45) is 0. The number of nitrogen functional groups attached to an aromatic ring is 1. The van der Waals surface area contributed by atoms with E-state index in [1.54, 1.807) is 6.07 Å². The van der Waals surface area contributed by atoms with Crippen molar-refractivity contribution in [2.75, 3.05) is 5.73 Å². The molecule has 94 valence electrons. The van der Waals surface area contributed by atoms with Crippen LogP contribution in [0.2, 0.25) is 0 Å². The lowest BCUT2D eigenvalue weighted by atomic mass is 10.2. The first-order valence-electron chi connectivity index (χ1n) is 5.17. The van der Waals surface area contributed by atoms with Gasteiger partial charge in [-0.05, 0) is 35.9 Å². The molecular weight excluding hydrogens is 320 g/mol.